The van der Waals surface area contributed by atoms with Crippen molar-refractivity contribution in [2.75, 3.05) is 0 Å². The minimum atomic E-state index is -1.09. The van der Waals surface area contributed by atoms with Crippen LogP contribution in [0.1, 0.15) is 11.5 Å². The van der Waals surface area contributed by atoms with E-state index in [1.165, 1.54) is 6.20 Å². The van der Waals surface area contributed by atoms with E-state index in [1.54, 1.807) is 19.9 Å². The molecule has 122 valence electrons. The summed E-state index contributed by atoms with van der Waals surface area (Å²) in [6.07, 6.45) is 1.51. The largest absolute Gasteiger partial charge is 0.242 e. The van der Waals surface area contributed by atoms with E-state index in [9.17, 15) is 13.2 Å². The van der Waals surface area contributed by atoms with E-state index in [0.717, 1.165) is 0 Å². The second-order valence-electron chi connectivity index (χ2n) is 5.06. The highest BCUT2D eigenvalue weighted by atomic mass is 35.5. The summed E-state index contributed by atoms with van der Waals surface area (Å²) >= 11 is 6.07. The minimum absolute atomic E-state index is 0.0303. The Hall–Kier alpha value is -2.54. The van der Waals surface area contributed by atoms with Crippen molar-refractivity contribution in [3.63, 3.8) is 0 Å². The van der Waals surface area contributed by atoms with Crippen molar-refractivity contribution >= 4 is 11.6 Å². The minimum Gasteiger partial charge on any atom is -0.242 e. The van der Waals surface area contributed by atoms with Crippen molar-refractivity contribution in [2.24, 2.45) is 0 Å². The highest BCUT2D eigenvalue weighted by Crippen LogP contribution is 2.39. The molecule has 2 heterocycles. The number of rotatable bonds is 2. The second kappa shape index (κ2) is 6.16. The fraction of sp³-hybridized carbons (Fsp3) is 0.125. The molecule has 3 aromatic rings. The Kier molecular flexibility index (Phi) is 4.19. The normalized spacial score (nSPS) is 10.9. The van der Waals surface area contributed by atoms with Crippen LogP contribution in [0.5, 0.6) is 0 Å². The molecule has 3 rings (SSSR count). The van der Waals surface area contributed by atoms with Crippen LogP contribution in [0.15, 0.2) is 24.4 Å². The lowest BCUT2D eigenvalue weighted by molar-refractivity contribution is 0.548. The molecule has 0 fully saturated rings. The Balaban J connectivity index is 2.40. The molecule has 0 amide bonds. The molecule has 0 saturated carbocycles. The Bertz CT molecular complexity index is 924. The van der Waals surface area contributed by atoms with Crippen LogP contribution in [0.4, 0.5) is 13.2 Å². The maximum absolute atomic E-state index is 14.3. The third-order valence-electron chi connectivity index (χ3n) is 3.39. The molecule has 1 aromatic carbocycles. The predicted molar refractivity (Wildman–Crippen MR) is 82.9 cm³/mol. The molecule has 2 aromatic heterocycles. The van der Waals surface area contributed by atoms with E-state index in [0.29, 0.717) is 34.9 Å². The van der Waals surface area contributed by atoms with E-state index in [1.807, 2.05) is 0 Å². The Morgan fingerprint density at radius 2 is 1.58 bits per heavy atom. The number of halogens is 4. The molecule has 0 aliphatic rings. The lowest BCUT2D eigenvalue weighted by Gasteiger charge is -2.14. The molecular formula is C16H10ClF3N4. The molecule has 8 heteroatoms. The molecule has 0 spiro atoms. The molecule has 0 aliphatic heterocycles. The summed E-state index contributed by atoms with van der Waals surface area (Å²) in [5.41, 5.74) is 0.554. The van der Waals surface area contributed by atoms with Gasteiger partial charge < -0.3 is 0 Å². The van der Waals surface area contributed by atoms with E-state index in [-0.39, 0.29) is 10.7 Å². The van der Waals surface area contributed by atoms with Gasteiger partial charge in [0.1, 0.15) is 23.3 Å². The van der Waals surface area contributed by atoms with Crippen LogP contribution in [0.3, 0.4) is 0 Å². The highest BCUT2D eigenvalue weighted by molar-refractivity contribution is 6.32. The summed E-state index contributed by atoms with van der Waals surface area (Å²) in [6.45, 7) is 3.28. The van der Waals surface area contributed by atoms with Crippen LogP contribution in [0.25, 0.3) is 22.4 Å². The SMILES string of the molecule is Cc1nccc(-c2c(C)nnc(Cl)c2-c2c(F)cc(F)cc2F)n1. The van der Waals surface area contributed by atoms with Crippen LogP contribution in [-0.4, -0.2) is 20.2 Å². The fourth-order valence-electron chi connectivity index (χ4n) is 2.42. The van der Waals surface area contributed by atoms with Crippen LogP contribution in [-0.2, 0) is 0 Å². The van der Waals surface area contributed by atoms with E-state index >= 15 is 0 Å². The van der Waals surface area contributed by atoms with Gasteiger partial charge in [-0.05, 0) is 19.9 Å². The molecule has 0 saturated heterocycles. The Labute approximate surface area is 140 Å². The first kappa shape index (κ1) is 16.3. The summed E-state index contributed by atoms with van der Waals surface area (Å²) in [5, 5.41) is 7.39. The first-order valence-corrected chi connectivity index (χ1v) is 7.24. The van der Waals surface area contributed by atoms with Gasteiger partial charge in [0.05, 0.1) is 17.0 Å². The number of aryl methyl sites for hydroxylation is 2. The fourth-order valence-corrected chi connectivity index (χ4v) is 2.65. The van der Waals surface area contributed by atoms with Crippen LogP contribution in [0.2, 0.25) is 5.15 Å². The lowest BCUT2D eigenvalue weighted by Crippen LogP contribution is -2.03. The van der Waals surface area contributed by atoms with Gasteiger partial charge in [-0.2, -0.15) is 5.10 Å². The van der Waals surface area contributed by atoms with E-state index < -0.39 is 23.0 Å². The van der Waals surface area contributed by atoms with Gasteiger partial charge >= 0.3 is 0 Å². The van der Waals surface area contributed by atoms with Crippen molar-refractivity contribution in [3.05, 3.63) is 58.5 Å². The lowest BCUT2D eigenvalue weighted by atomic mass is 9.97. The van der Waals surface area contributed by atoms with Crippen LogP contribution < -0.4 is 0 Å². The second-order valence-corrected chi connectivity index (χ2v) is 5.42. The topological polar surface area (TPSA) is 51.6 Å². The average molecular weight is 351 g/mol. The van der Waals surface area contributed by atoms with Gasteiger partial charge in [0.15, 0.2) is 5.15 Å². The van der Waals surface area contributed by atoms with Gasteiger partial charge in [0.25, 0.3) is 0 Å². The van der Waals surface area contributed by atoms with Gasteiger partial charge in [0.2, 0.25) is 0 Å². The standard InChI is InChI=1S/C16H10ClF3N4/c1-7-13(12-3-4-21-8(2)22-12)15(16(17)24-23-7)14-10(19)5-9(18)6-11(14)20/h3-6H,1-2H3. The van der Waals surface area contributed by atoms with Crippen molar-refractivity contribution < 1.29 is 13.2 Å². The third-order valence-corrected chi connectivity index (χ3v) is 3.66. The number of hydrogen-bond donors (Lipinski definition) is 0. The molecule has 0 atom stereocenters. The maximum atomic E-state index is 14.3. The number of aromatic nitrogens is 4. The Morgan fingerprint density at radius 1 is 0.917 bits per heavy atom. The zero-order valence-corrected chi connectivity index (χ0v) is 13.4. The molecule has 24 heavy (non-hydrogen) atoms. The van der Waals surface area contributed by atoms with Gasteiger partial charge in [-0.3, -0.25) is 0 Å². The molecule has 0 aliphatic carbocycles. The highest BCUT2D eigenvalue weighted by Gasteiger charge is 2.24. The summed E-state index contributed by atoms with van der Waals surface area (Å²) in [4.78, 5) is 8.24. The van der Waals surface area contributed by atoms with Crippen molar-refractivity contribution in [2.45, 2.75) is 13.8 Å². The monoisotopic (exact) mass is 350 g/mol. The first-order valence-electron chi connectivity index (χ1n) is 6.86. The average Bonchev–Trinajstić information content (AvgIpc) is 2.49. The molecule has 0 unspecified atom stereocenters. The zero-order valence-electron chi connectivity index (χ0n) is 12.6. The van der Waals surface area contributed by atoms with Crippen molar-refractivity contribution in [3.8, 4) is 22.4 Å². The van der Waals surface area contributed by atoms with Crippen LogP contribution >= 0.6 is 11.6 Å². The van der Waals surface area contributed by atoms with Crippen LogP contribution in [0, 0.1) is 31.3 Å². The summed E-state index contributed by atoms with van der Waals surface area (Å²) in [7, 11) is 0. The Morgan fingerprint density at radius 3 is 2.21 bits per heavy atom. The number of nitrogens with zero attached hydrogens (tertiary/aromatic N) is 4. The van der Waals surface area contributed by atoms with Crippen molar-refractivity contribution in [1.82, 2.24) is 20.2 Å². The number of hydrogen-bond acceptors (Lipinski definition) is 4. The smallest absolute Gasteiger partial charge is 0.160 e. The maximum Gasteiger partial charge on any atom is 0.160 e. The molecule has 0 bridgehead atoms. The molecule has 0 N–H and O–H groups in total. The summed E-state index contributed by atoms with van der Waals surface area (Å²) < 4.78 is 41.7. The number of benzene rings is 1. The molecule has 4 nitrogen and oxygen atoms in total. The van der Waals surface area contributed by atoms with Crippen molar-refractivity contribution in [1.29, 1.82) is 0 Å². The van der Waals surface area contributed by atoms with Gasteiger partial charge in [-0.15, -0.1) is 5.10 Å². The van der Waals surface area contributed by atoms with Gasteiger partial charge in [-0.25, -0.2) is 23.1 Å². The van der Waals surface area contributed by atoms with Gasteiger partial charge in [-0.1, -0.05) is 11.6 Å². The first-order chi connectivity index (χ1) is 11.4. The quantitative estimate of drug-likeness (QED) is 0.692. The summed E-state index contributed by atoms with van der Waals surface area (Å²) in [5.74, 6) is -2.74. The summed E-state index contributed by atoms with van der Waals surface area (Å²) in [6, 6.07) is 2.73. The molecule has 0 radical (unpaired) electrons. The van der Waals surface area contributed by atoms with E-state index in [4.69, 9.17) is 11.6 Å². The van der Waals surface area contributed by atoms with Gasteiger partial charge in [0, 0.05) is 29.5 Å². The van der Waals surface area contributed by atoms with E-state index in [2.05, 4.69) is 20.2 Å². The third kappa shape index (κ3) is 2.82. The molecular weight excluding hydrogens is 341 g/mol. The zero-order chi connectivity index (χ0) is 17.4. The predicted octanol–water partition coefficient (Wildman–Crippen LogP) is 4.29.